The molecule has 3 N–H and O–H groups in total. The van der Waals surface area contributed by atoms with Crippen molar-refractivity contribution >= 4 is 5.91 Å². The van der Waals surface area contributed by atoms with Gasteiger partial charge in [0.2, 0.25) is 5.91 Å². The Kier molecular flexibility index (Phi) is 4.30. The van der Waals surface area contributed by atoms with Crippen molar-refractivity contribution in [1.29, 1.82) is 0 Å². The summed E-state index contributed by atoms with van der Waals surface area (Å²) in [6.45, 7) is 8.21. The lowest BCUT2D eigenvalue weighted by Gasteiger charge is -2.15. The molecule has 1 amide bonds. The van der Waals surface area contributed by atoms with Crippen LogP contribution in [-0.4, -0.2) is 31.9 Å². The van der Waals surface area contributed by atoms with Gasteiger partial charge < -0.3 is 10.4 Å². The lowest BCUT2D eigenvalue weighted by molar-refractivity contribution is -0.121. The van der Waals surface area contributed by atoms with Gasteiger partial charge in [-0.2, -0.15) is 5.10 Å². The molecule has 2 aromatic rings. The third-order valence-corrected chi connectivity index (χ3v) is 3.39. The van der Waals surface area contributed by atoms with Crippen LogP contribution < -0.4 is 10.9 Å². The lowest BCUT2D eigenvalue weighted by atomic mass is 10.1. The van der Waals surface area contributed by atoms with Gasteiger partial charge in [0.25, 0.3) is 5.56 Å². The molecule has 114 valence electrons. The molecule has 0 radical (unpaired) electrons. The van der Waals surface area contributed by atoms with Crippen LogP contribution in [0.15, 0.2) is 10.9 Å². The first kappa shape index (κ1) is 15.1. The third kappa shape index (κ3) is 3.62. The molecule has 2 aromatic heterocycles. The van der Waals surface area contributed by atoms with Crippen LogP contribution >= 0.6 is 0 Å². The molecule has 0 aliphatic carbocycles. The average molecular weight is 291 g/mol. The highest BCUT2D eigenvalue weighted by Gasteiger charge is 2.14. The van der Waals surface area contributed by atoms with E-state index in [2.05, 4.69) is 20.6 Å². The summed E-state index contributed by atoms with van der Waals surface area (Å²) in [5.41, 5.74) is 2.95. The van der Waals surface area contributed by atoms with Crippen molar-refractivity contribution in [3.05, 3.63) is 39.1 Å². The van der Waals surface area contributed by atoms with E-state index in [-0.39, 0.29) is 23.9 Å². The minimum Gasteiger partial charge on any atom is -0.351 e. The van der Waals surface area contributed by atoms with Crippen LogP contribution in [-0.2, 0) is 17.8 Å². The maximum atomic E-state index is 12.0. The summed E-state index contributed by atoms with van der Waals surface area (Å²) in [6, 6.07) is 1.94. The zero-order valence-electron chi connectivity index (χ0n) is 12.8. The summed E-state index contributed by atoms with van der Waals surface area (Å²) in [5, 5.41) is 12.4. The van der Waals surface area contributed by atoms with Gasteiger partial charge in [-0.15, -0.1) is 0 Å². The van der Waals surface area contributed by atoms with Gasteiger partial charge in [-0.05, 0) is 33.8 Å². The topological polar surface area (TPSA) is 95.6 Å². The van der Waals surface area contributed by atoms with Crippen LogP contribution in [0.25, 0.3) is 0 Å². The van der Waals surface area contributed by atoms with Crippen molar-refractivity contribution in [2.24, 2.45) is 0 Å². The zero-order chi connectivity index (χ0) is 15.6. The third-order valence-electron chi connectivity index (χ3n) is 3.39. The summed E-state index contributed by atoms with van der Waals surface area (Å²) in [7, 11) is 0. The number of nitrogens with one attached hydrogen (secondary N) is 3. The van der Waals surface area contributed by atoms with E-state index < -0.39 is 0 Å². The van der Waals surface area contributed by atoms with Crippen LogP contribution in [0.5, 0.6) is 0 Å². The fourth-order valence-electron chi connectivity index (χ4n) is 2.34. The molecule has 0 unspecified atom stereocenters. The van der Waals surface area contributed by atoms with E-state index in [1.165, 1.54) is 0 Å². The number of aromatic nitrogens is 4. The number of aromatic amines is 2. The van der Waals surface area contributed by atoms with Crippen LogP contribution in [0, 0.1) is 20.8 Å². The van der Waals surface area contributed by atoms with Gasteiger partial charge >= 0.3 is 0 Å². The normalized spacial score (nSPS) is 12.4. The Labute approximate surface area is 122 Å². The SMILES string of the molecule is Cc1cc(C)n(C[C@H](C)NC(=O)Cc2c(C)[nH][nH]c2=O)n1. The number of carbonyl (C=O) groups is 1. The molecule has 0 spiro atoms. The zero-order valence-corrected chi connectivity index (χ0v) is 12.8. The van der Waals surface area contributed by atoms with Crippen molar-refractivity contribution in [2.75, 3.05) is 0 Å². The number of H-pyrrole nitrogens is 2. The fourth-order valence-corrected chi connectivity index (χ4v) is 2.34. The maximum Gasteiger partial charge on any atom is 0.267 e. The highest BCUT2D eigenvalue weighted by Crippen LogP contribution is 2.03. The van der Waals surface area contributed by atoms with Gasteiger partial charge in [-0.3, -0.25) is 19.4 Å². The summed E-state index contributed by atoms with van der Waals surface area (Å²) >= 11 is 0. The maximum absolute atomic E-state index is 12.0. The van der Waals surface area contributed by atoms with Crippen molar-refractivity contribution in [1.82, 2.24) is 25.3 Å². The quantitative estimate of drug-likeness (QED) is 0.751. The van der Waals surface area contributed by atoms with E-state index in [0.717, 1.165) is 11.4 Å². The van der Waals surface area contributed by atoms with E-state index in [9.17, 15) is 9.59 Å². The summed E-state index contributed by atoms with van der Waals surface area (Å²) in [6.07, 6.45) is 0.0755. The van der Waals surface area contributed by atoms with Crippen LogP contribution in [0.1, 0.15) is 29.6 Å². The monoisotopic (exact) mass is 291 g/mol. The lowest BCUT2D eigenvalue weighted by Crippen LogP contribution is -2.37. The largest absolute Gasteiger partial charge is 0.351 e. The Morgan fingerprint density at radius 2 is 2.10 bits per heavy atom. The van der Waals surface area contributed by atoms with Crippen LogP contribution in [0.4, 0.5) is 0 Å². The molecule has 0 fully saturated rings. The number of nitrogens with zero attached hydrogens (tertiary/aromatic N) is 2. The molecular weight excluding hydrogens is 270 g/mol. The number of hydrogen-bond acceptors (Lipinski definition) is 3. The predicted molar refractivity (Wildman–Crippen MR) is 79.2 cm³/mol. The van der Waals surface area contributed by atoms with Gasteiger partial charge in [0.1, 0.15) is 0 Å². The molecule has 0 aromatic carbocycles. The molecule has 1 atom stereocenters. The molecule has 21 heavy (non-hydrogen) atoms. The minimum absolute atomic E-state index is 0.0613. The number of hydrogen-bond donors (Lipinski definition) is 3. The van der Waals surface area contributed by atoms with E-state index in [1.807, 2.05) is 31.5 Å². The molecule has 0 saturated heterocycles. The number of aryl methyl sites for hydroxylation is 3. The molecule has 7 heteroatoms. The van der Waals surface area contributed by atoms with Crippen molar-refractivity contribution in [3.8, 4) is 0 Å². The summed E-state index contributed by atoms with van der Waals surface area (Å²) < 4.78 is 1.87. The second-order valence-corrected chi connectivity index (χ2v) is 5.44. The molecule has 2 heterocycles. The molecule has 7 nitrogen and oxygen atoms in total. The van der Waals surface area contributed by atoms with Crippen LogP contribution in [0.3, 0.4) is 0 Å². The Morgan fingerprint density at radius 1 is 1.38 bits per heavy atom. The van der Waals surface area contributed by atoms with Gasteiger partial charge in [-0.25, -0.2) is 0 Å². The van der Waals surface area contributed by atoms with Crippen molar-refractivity contribution < 1.29 is 4.79 Å². The molecule has 0 saturated carbocycles. The molecule has 0 bridgehead atoms. The van der Waals surface area contributed by atoms with Crippen molar-refractivity contribution in [2.45, 2.75) is 46.7 Å². The molecule has 0 aliphatic heterocycles. The number of amides is 1. The van der Waals surface area contributed by atoms with Crippen molar-refractivity contribution in [3.63, 3.8) is 0 Å². The van der Waals surface area contributed by atoms with Gasteiger partial charge in [-0.1, -0.05) is 0 Å². The molecule has 2 rings (SSSR count). The summed E-state index contributed by atoms with van der Waals surface area (Å²) in [4.78, 5) is 23.5. The van der Waals surface area contributed by atoms with E-state index in [0.29, 0.717) is 17.8 Å². The first-order valence-electron chi connectivity index (χ1n) is 6.93. The molecular formula is C14H21N5O2. The van der Waals surface area contributed by atoms with E-state index in [4.69, 9.17) is 0 Å². The number of carbonyl (C=O) groups excluding carboxylic acids is 1. The van der Waals surface area contributed by atoms with E-state index >= 15 is 0 Å². The molecule has 0 aliphatic rings. The van der Waals surface area contributed by atoms with Gasteiger partial charge in [0, 0.05) is 23.0 Å². The second kappa shape index (κ2) is 5.99. The van der Waals surface area contributed by atoms with Crippen LogP contribution in [0.2, 0.25) is 0 Å². The fraction of sp³-hybridized carbons (Fsp3) is 0.500. The highest BCUT2D eigenvalue weighted by molar-refractivity contribution is 5.78. The average Bonchev–Trinajstić information content (AvgIpc) is 2.85. The van der Waals surface area contributed by atoms with E-state index in [1.54, 1.807) is 6.92 Å². The summed E-state index contributed by atoms with van der Waals surface area (Å²) in [5.74, 6) is -0.169. The van der Waals surface area contributed by atoms with Gasteiger partial charge in [0.15, 0.2) is 0 Å². The Morgan fingerprint density at radius 3 is 2.62 bits per heavy atom. The standard InChI is InChI=1S/C14H21N5O2/c1-8-5-10(3)19(18-8)7-9(2)15-13(20)6-12-11(4)16-17-14(12)21/h5,9H,6-7H2,1-4H3,(H,15,20)(H2,16,17,21)/t9-/m0/s1. The Balaban J connectivity index is 1.93. The highest BCUT2D eigenvalue weighted by atomic mass is 16.2. The smallest absolute Gasteiger partial charge is 0.267 e. The minimum atomic E-state index is -0.242. The first-order valence-corrected chi connectivity index (χ1v) is 6.93. The number of rotatable bonds is 5. The Bertz CT molecular complexity index is 695. The second-order valence-electron chi connectivity index (χ2n) is 5.44. The Hall–Kier alpha value is -2.31. The van der Waals surface area contributed by atoms with Gasteiger partial charge in [0.05, 0.1) is 18.7 Å². The predicted octanol–water partition coefficient (Wildman–Crippen LogP) is 0.572. The first-order chi connectivity index (χ1) is 9.86.